The number of hydrogen-bond donors (Lipinski definition) is 1. The summed E-state index contributed by atoms with van der Waals surface area (Å²) < 4.78 is 5.78. The molecule has 0 rings (SSSR count). The van der Waals surface area contributed by atoms with Crippen molar-refractivity contribution in [2.45, 2.75) is 52.1 Å². The molecule has 12 heavy (non-hydrogen) atoms. The maximum atomic E-state index is 5.78. The van der Waals surface area contributed by atoms with Gasteiger partial charge in [-0.3, -0.25) is 0 Å². The van der Waals surface area contributed by atoms with E-state index in [0.29, 0.717) is 0 Å². The third-order valence-corrected chi connectivity index (χ3v) is 2.37. The molecule has 1 unspecified atom stereocenters. The van der Waals surface area contributed by atoms with Crippen LogP contribution in [0.4, 0.5) is 0 Å². The van der Waals surface area contributed by atoms with Gasteiger partial charge in [0, 0.05) is 6.61 Å². The SMILES string of the molecule is CCCCOC(C)(CC)CCN. The first-order chi connectivity index (χ1) is 5.68. The Balaban J connectivity index is 3.63. The third kappa shape index (κ3) is 4.73. The predicted molar refractivity (Wildman–Crippen MR) is 53.2 cm³/mol. The van der Waals surface area contributed by atoms with Gasteiger partial charge in [0.2, 0.25) is 0 Å². The van der Waals surface area contributed by atoms with Gasteiger partial charge in [0.25, 0.3) is 0 Å². The molecule has 0 aromatic rings. The number of rotatable bonds is 7. The van der Waals surface area contributed by atoms with Crippen LogP contribution in [0.3, 0.4) is 0 Å². The summed E-state index contributed by atoms with van der Waals surface area (Å²) in [7, 11) is 0. The van der Waals surface area contributed by atoms with Gasteiger partial charge in [-0.2, -0.15) is 0 Å². The minimum absolute atomic E-state index is 0.0178. The molecule has 0 aliphatic rings. The molecule has 2 N–H and O–H groups in total. The zero-order valence-electron chi connectivity index (χ0n) is 8.73. The fourth-order valence-corrected chi connectivity index (χ4v) is 1.12. The summed E-state index contributed by atoms with van der Waals surface area (Å²) in [6.07, 6.45) is 4.36. The molecule has 0 spiro atoms. The van der Waals surface area contributed by atoms with E-state index in [1.807, 2.05) is 0 Å². The van der Waals surface area contributed by atoms with Gasteiger partial charge in [0.15, 0.2) is 0 Å². The number of hydrogen-bond acceptors (Lipinski definition) is 2. The molecule has 0 fully saturated rings. The van der Waals surface area contributed by atoms with Gasteiger partial charge in [-0.25, -0.2) is 0 Å². The summed E-state index contributed by atoms with van der Waals surface area (Å²) >= 11 is 0. The van der Waals surface area contributed by atoms with Crippen LogP contribution in [-0.4, -0.2) is 18.8 Å². The number of unbranched alkanes of at least 4 members (excludes halogenated alkanes) is 1. The maximum Gasteiger partial charge on any atom is 0.0663 e. The van der Waals surface area contributed by atoms with Gasteiger partial charge in [0.05, 0.1) is 5.60 Å². The lowest BCUT2D eigenvalue weighted by Crippen LogP contribution is -2.31. The molecule has 74 valence electrons. The average molecular weight is 173 g/mol. The van der Waals surface area contributed by atoms with Crippen molar-refractivity contribution in [1.29, 1.82) is 0 Å². The van der Waals surface area contributed by atoms with Crippen LogP contribution in [0.2, 0.25) is 0 Å². The molecule has 0 saturated carbocycles. The van der Waals surface area contributed by atoms with Crippen LogP contribution in [-0.2, 0) is 4.74 Å². The molecule has 0 radical (unpaired) electrons. The summed E-state index contributed by atoms with van der Waals surface area (Å²) in [5.41, 5.74) is 5.53. The minimum atomic E-state index is 0.0178. The second-order valence-electron chi connectivity index (χ2n) is 3.54. The van der Waals surface area contributed by atoms with Crippen molar-refractivity contribution in [2.24, 2.45) is 5.73 Å². The maximum absolute atomic E-state index is 5.78. The molecule has 0 aliphatic heterocycles. The molecular weight excluding hydrogens is 150 g/mol. The lowest BCUT2D eigenvalue weighted by molar-refractivity contribution is -0.0396. The summed E-state index contributed by atoms with van der Waals surface area (Å²) in [6.45, 7) is 8.07. The van der Waals surface area contributed by atoms with Crippen LogP contribution in [0.15, 0.2) is 0 Å². The molecule has 0 amide bonds. The Morgan fingerprint density at radius 3 is 2.42 bits per heavy atom. The average Bonchev–Trinajstić information content (AvgIpc) is 2.06. The highest BCUT2D eigenvalue weighted by Gasteiger charge is 2.20. The molecule has 2 nitrogen and oxygen atoms in total. The van der Waals surface area contributed by atoms with Gasteiger partial charge >= 0.3 is 0 Å². The fourth-order valence-electron chi connectivity index (χ4n) is 1.12. The Kier molecular flexibility index (Phi) is 6.39. The molecule has 0 aromatic carbocycles. The fraction of sp³-hybridized carbons (Fsp3) is 1.00. The second-order valence-corrected chi connectivity index (χ2v) is 3.54. The highest BCUT2D eigenvalue weighted by atomic mass is 16.5. The van der Waals surface area contributed by atoms with Crippen molar-refractivity contribution >= 4 is 0 Å². The summed E-state index contributed by atoms with van der Waals surface area (Å²) in [5.74, 6) is 0. The number of nitrogens with two attached hydrogens (primary N) is 1. The van der Waals surface area contributed by atoms with Crippen molar-refractivity contribution in [2.75, 3.05) is 13.2 Å². The molecule has 0 aromatic heterocycles. The van der Waals surface area contributed by atoms with Crippen LogP contribution >= 0.6 is 0 Å². The Labute approximate surface area is 76.5 Å². The molecule has 0 heterocycles. The lowest BCUT2D eigenvalue weighted by Gasteiger charge is -2.28. The highest BCUT2D eigenvalue weighted by Crippen LogP contribution is 2.19. The monoisotopic (exact) mass is 173 g/mol. The van der Waals surface area contributed by atoms with Crippen molar-refractivity contribution in [3.63, 3.8) is 0 Å². The van der Waals surface area contributed by atoms with E-state index in [0.717, 1.165) is 32.4 Å². The van der Waals surface area contributed by atoms with Crippen LogP contribution in [0, 0.1) is 0 Å². The first kappa shape index (κ1) is 11.9. The van der Waals surface area contributed by atoms with E-state index in [4.69, 9.17) is 10.5 Å². The van der Waals surface area contributed by atoms with E-state index in [-0.39, 0.29) is 5.60 Å². The summed E-state index contributed by atoms with van der Waals surface area (Å²) in [6, 6.07) is 0. The molecule has 0 bridgehead atoms. The Morgan fingerprint density at radius 2 is 2.00 bits per heavy atom. The van der Waals surface area contributed by atoms with Crippen molar-refractivity contribution in [3.8, 4) is 0 Å². The van der Waals surface area contributed by atoms with Gasteiger partial charge in [0.1, 0.15) is 0 Å². The number of ether oxygens (including phenoxy) is 1. The van der Waals surface area contributed by atoms with Crippen molar-refractivity contribution in [3.05, 3.63) is 0 Å². The van der Waals surface area contributed by atoms with Crippen molar-refractivity contribution < 1.29 is 4.74 Å². The van der Waals surface area contributed by atoms with E-state index < -0.39 is 0 Å². The summed E-state index contributed by atoms with van der Waals surface area (Å²) in [5, 5.41) is 0. The van der Waals surface area contributed by atoms with E-state index >= 15 is 0 Å². The zero-order valence-corrected chi connectivity index (χ0v) is 8.73. The molecule has 1 atom stereocenters. The third-order valence-electron chi connectivity index (χ3n) is 2.37. The first-order valence-electron chi connectivity index (χ1n) is 5.02. The molecular formula is C10H23NO. The second kappa shape index (κ2) is 6.44. The van der Waals surface area contributed by atoms with Crippen molar-refractivity contribution in [1.82, 2.24) is 0 Å². The summed E-state index contributed by atoms with van der Waals surface area (Å²) in [4.78, 5) is 0. The van der Waals surface area contributed by atoms with Crippen LogP contribution < -0.4 is 5.73 Å². The molecule has 2 heteroatoms. The first-order valence-corrected chi connectivity index (χ1v) is 5.02. The smallest absolute Gasteiger partial charge is 0.0663 e. The Morgan fingerprint density at radius 1 is 1.33 bits per heavy atom. The lowest BCUT2D eigenvalue weighted by atomic mass is 9.99. The zero-order chi connectivity index (χ0) is 9.45. The topological polar surface area (TPSA) is 35.2 Å². The Bertz CT molecular complexity index is 106. The normalized spacial score (nSPS) is 16.0. The van der Waals surface area contributed by atoms with Gasteiger partial charge in [-0.1, -0.05) is 20.3 Å². The van der Waals surface area contributed by atoms with Gasteiger partial charge in [-0.05, 0) is 32.7 Å². The quantitative estimate of drug-likeness (QED) is 0.600. The van der Waals surface area contributed by atoms with Gasteiger partial charge in [-0.15, -0.1) is 0 Å². The van der Waals surface area contributed by atoms with E-state index in [1.165, 1.54) is 6.42 Å². The van der Waals surface area contributed by atoms with Gasteiger partial charge < -0.3 is 10.5 Å². The van der Waals surface area contributed by atoms with E-state index in [1.54, 1.807) is 0 Å². The molecule has 0 aliphatic carbocycles. The predicted octanol–water partition coefficient (Wildman–Crippen LogP) is 2.32. The van der Waals surface area contributed by atoms with Crippen LogP contribution in [0.25, 0.3) is 0 Å². The largest absolute Gasteiger partial charge is 0.375 e. The van der Waals surface area contributed by atoms with E-state index in [9.17, 15) is 0 Å². The Hall–Kier alpha value is -0.0800. The van der Waals surface area contributed by atoms with Crippen LogP contribution in [0.5, 0.6) is 0 Å². The minimum Gasteiger partial charge on any atom is -0.375 e. The standard InChI is InChI=1S/C10H23NO/c1-4-6-9-12-10(3,5-2)7-8-11/h4-9,11H2,1-3H3. The highest BCUT2D eigenvalue weighted by molar-refractivity contribution is 4.73. The van der Waals surface area contributed by atoms with Crippen LogP contribution in [0.1, 0.15) is 46.5 Å². The molecule has 0 saturated heterocycles. The van der Waals surface area contributed by atoms with E-state index in [2.05, 4.69) is 20.8 Å².